The highest BCUT2D eigenvalue weighted by atomic mass is 32.2. The van der Waals surface area contributed by atoms with Crippen molar-refractivity contribution in [1.29, 1.82) is 0 Å². The minimum atomic E-state index is -3.21. The van der Waals surface area contributed by atoms with Crippen LogP contribution in [0, 0.1) is 11.3 Å². The molecule has 1 spiro atoms. The van der Waals surface area contributed by atoms with Gasteiger partial charge in [-0.05, 0) is 37.0 Å². The van der Waals surface area contributed by atoms with Gasteiger partial charge in [0, 0.05) is 25.6 Å². The van der Waals surface area contributed by atoms with Crippen LogP contribution >= 0.6 is 0 Å². The Morgan fingerprint density at radius 2 is 2.00 bits per heavy atom. The van der Waals surface area contributed by atoms with Gasteiger partial charge in [-0.15, -0.1) is 5.10 Å². The van der Waals surface area contributed by atoms with Crippen LogP contribution in [-0.2, 0) is 23.1 Å². The normalized spacial score (nSPS) is 26.0. The molecular weight excluding hydrogens is 326 g/mol. The third-order valence-electron chi connectivity index (χ3n) is 5.16. The maximum absolute atomic E-state index is 13.0. The van der Waals surface area contributed by atoms with Gasteiger partial charge < -0.3 is 0 Å². The number of alkyl halides is 2. The lowest BCUT2D eigenvalue weighted by molar-refractivity contribution is -0.208. The van der Waals surface area contributed by atoms with Gasteiger partial charge in [0.25, 0.3) is 0 Å². The molecule has 1 N–H and O–H groups in total. The van der Waals surface area contributed by atoms with Gasteiger partial charge in [-0.25, -0.2) is 21.9 Å². The molecule has 0 aromatic carbocycles. The summed E-state index contributed by atoms with van der Waals surface area (Å²) in [6.07, 6.45) is 4.90. The summed E-state index contributed by atoms with van der Waals surface area (Å²) in [4.78, 5) is 0. The molecule has 0 atom stereocenters. The Morgan fingerprint density at radius 1 is 1.30 bits per heavy atom. The number of halogens is 2. The van der Waals surface area contributed by atoms with Crippen LogP contribution < -0.4 is 4.72 Å². The van der Waals surface area contributed by atoms with E-state index in [2.05, 4.69) is 15.0 Å². The fraction of sp³-hybridized carbons (Fsp3) is 0.857. The standard InChI is InChI=1S/C14H20F2N4O2S/c15-14(16)8-13(9-14)3-10(4-13)6-20-7-11(18-19-20)5-17-23(21,22)12-1-2-12/h7,10,12,17H,1-6,8-9H2. The zero-order chi connectivity index (χ0) is 16.3. The van der Waals surface area contributed by atoms with Crippen molar-refractivity contribution in [1.82, 2.24) is 19.7 Å². The molecule has 128 valence electrons. The van der Waals surface area contributed by atoms with Crippen LogP contribution in [0.4, 0.5) is 8.78 Å². The number of nitrogens with one attached hydrogen (secondary N) is 1. The maximum atomic E-state index is 13.0. The average Bonchev–Trinajstić information content (AvgIpc) is 3.15. The molecule has 3 aliphatic rings. The summed E-state index contributed by atoms with van der Waals surface area (Å²) in [5, 5.41) is 7.73. The quantitative estimate of drug-likeness (QED) is 0.850. The summed E-state index contributed by atoms with van der Waals surface area (Å²) in [6.45, 7) is 0.815. The Hall–Kier alpha value is -1.09. The van der Waals surface area contributed by atoms with Crippen LogP contribution in [0.5, 0.6) is 0 Å². The second kappa shape index (κ2) is 4.95. The van der Waals surface area contributed by atoms with Crippen molar-refractivity contribution >= 4 is 10.0 Å². The van der Waals surface area contributed by atoms with Crippen molar-refractivity contribution in [3.63, 3.8) is 0 Å². The molecule has 3 fully saturated rings. The van der Waals surface area contributed by atoms with Crippen LogP contribution in [0.25, 0.3) is 0 Å². The van der Waals surface area contributed by atoms with Crippen molar-refractivity contribution in [2.45, 2.75) is 62.8 Å². The van der Waals surface area contributed by atoms with Gasteiger partial charge in [0.15, 0.2) is 0 Å². The molecule has 1 aromatic rings. The number of hydrogen-bond donors (Lipinski definition) is 1. The minimum Gasteiger partial charge on any atom is -0.252 e. The fourth-order valence-electron chi connectivity index (χ4n) is 4.07. The van der Waals surface area contributed by atoms with E-state index < -0.39 is 15.9 Å². The van der Waals surface area contributed by atoms with Gasteiger partial charge in [0.2, 0.25) is 15.9 Å². The molecule has 4 rings (SSSR count). The molecule has 3 saturated carbocycles. The SMILES string of the molecule is O=S(=O)(NCc1cn(CC2CC3(C2)CC(F)(F)C3)nn1)C1CC1. The first-order valence-electron chi connectivity index (χ1n) is 8.01. The molecular formula is C14H20F2N4O2S. The first kappa shape index (κ1) is 15.4. The van der Waals surface area contributed by atoms with E-state index in [9.17, 15) is 17.2 Å². The summed E-state index contributed by atoms with van der Waals surface area (Å²) >= 11 is 0. The van der Waals surface area contributed by atoms with Gasteiger partial charge in [-0.3, -0.25) is 4.68 Å². The van der Waals surface area contributed by atoms with E-state index in [1.165, 1.54) is 0 Å². The molecule has 0 bridgehead atoms. The third-order valence-corrected chi connectivity index (χ3v) is 7.06. The predicted molar refractivity (Wildman–Crippen MR) is 78.1 cm³/mol. The number of hydrogen-bond acceptors (Lipinski definition) is 4. The average molecular weight is 346 g/mol. The smallest absolute Gasteiger partial charge is 0.249 e. The van der Waals surface area contributed by atoms with Crippen molar-refractivity contribution in [2.75, 3.05) is 0 Å². The highest BCUT2D eigenvalue weighted by Crippen LogP contribution is 2.64. The molecule has 1 heterocycles. The molecule has 9 heteroatoms. The van der Waals surface area contributed by atoms with Crippen LogP contribution in [0.2, 0.25) is 0 Å². The van der Waals surface area contributed by atoms with E-state index in [0.717, 1.165) is 25.7 Å². The van der Waals surface area contributed by atoms with Crippen molar-refractivity contribution in [3.05, 3.63) is 11.9 Å². The van der Waals surface area contributed by atoms with E-state index in [1.807, 2.05) is 0 Å². The first-order chi connectivity index (χ1) is 10.8. The lowest BCUT2D eigenvalue weighted by Crippen LogP contribution is -2.54. The Bertz CT molecular complexity index is 698. The lowest BCUT2D eigenvalue weighted by Gasteiger charge is -2.57. The molecule has 0 radical (unpaired) electrons. The molecule has 0 saturated heterocycles. The number of rotatable bonds is 6. The number of sulfonamides is 1. The highest BCUT2D eigenvalue weighted by molar-refractivity contribution is 7.90. The molecule has 6 nitrogen and oxygen atoms in total. The molecule has 1 aromatic heterocycles. The zero-order valence-electron chi connectivity index (χ0n) is 12.7. The summed E-state index contributed by atoms with van der Waals surface area (Å²) in [5.41, 5.74) is 0.454. The summed E-state index contributed by atoms with van der Waals surface area (Å²) < 4.78 is 53.7. The van der Waals surface area contributed by atoms with Gasteiger partial charge in [-0.1, -0.05) is 5.21 Å². The third kappa shape index (κ3) is 3.13. The Balaban J connectivity index is 1.25. The highest BCUT2D eigenvalue weighted by Gasteiger charge is 2.61. The second-order valence-corrected chi connectivity index (χ2v) is 9.53. The number of aromatic nitrogens is 3. The molecule has 0 unspecified atom stereocenters. The summed E-state index contributed by atoms with van der Waals surface area (Å²) in [5.74, 6) is -2.09. The van der Waals surface area contributed by atoms with E-state index in [-0.39, 0.29) is 30.1 Å². The number of nitrogens with zero attached hydrogens (tertiary/aromatic N) is 3. The van der Waals surface area contributed by atoms with Crippen molar-refractivity contribution in [3.8, 4) is 0 Å². The summed E-state index contributed by atoms with van der Waals surface area (Å²) in [6, 6.07) is 0. The molecule has 0 amide bonds. The van der Waals surface area contributed by atoms with Crippen molar-refractivity contribution in [2.24, 2.45) is 11.3 Å². The predicted octanol–water partition coefficient (Wildman–Crippen LogP) is 1.69. The van der Waals surface area contributed by atoms with Crippen LogP contribution in [0.15, 0.2) is 6.20 Å². The first-order valence-corrected chi connectivity index (χ1v) is 9.55. The Morgan fingerprint density at radius 3 is 2.61 bits per heavy atom. The minimum absolute atomic E-state index is 0.0298. The van der Waals surface area contributed by atoms with Gasteiger partial charge in [0.1, 0.15) is 0 Å². The Labute approximate surface area is 133 Å². The second-order valence-electron chi connectivity index (χ2n) is 7.48. The lowest BCUT2D eigenvalue weighted by atomic mass is 9.50. The fourth-order valence-corrected chi connectivity index (χ4v) is 5.41. The van der Waals surface area contributed by atoms with Gasteiger partial charge in [-0.2, -0.15) is 0 Å². The van der Waals surface area contributed by atoms with E-state index in [1.54, 1.807) is 10.9 Å². The van der Waals surface area contributed by atoms with Crippen molar-refractivity contribution < 1.29 is 17.2 Å². The Kier molecular flexibility index (Phi) is 3.32. The van der Waals surface area contributed by atoms with Crippen LogP contribution in [-0.4, -0.2) is 34.6 Å². The largest absolute Gasteiger partial charge is 0.252 e. The monoisotopic (exact) mass is 346 g/mol. The summed E-state index contributed by atoms with van der Waals surface area (Å²) in [7, 11) is -3.21. The van der Waals surface area contributed by atoms with Crippen LogP contribution in [0.1, 0.15) is 44.2 Å². The molecule has 0 aliphatic heterocycles. The molecule has 3 aliphatic carbocycles. The maximum Gasteiger partial charge on any atom is 0.249 e. The van der Waals surface area contributed by atoms with E-state index >= 15 is 0 Å². The van der Waals surface area contributed by atoms with Gasteiger partial charge in [0.05, 0.1) is 17.5 Å². The van der Waals surface area contributed by atoms with E-state index in [0.29, 0.717) is 18.2 Å². The van der Waals surface area contributed by atoms with Gasteiger partial charge >= 0.3 is 0 Å². The van der Waals surface area contributed by atoms with Crippen LogP contribution in [0.3, 0.4) is 0 Å². The zero-order valence-corrected chi connectivity index (χ0v) is 13.5. The van der Waals surface area contributed by atoms with E-state index in [4.69, 9.17) is 0 Å². The molecule has 23 heavy (non-hydrogen) atoms. The topological polar surface area (TPSA) is 76.9 Å².